The first kappa shape index (κ1) is 20.1. The average molecular weight is 379 g/mol. The maximum Gasteiger partial charge on any atom is 0.220 e. The van der Waals surface area contributed by atoms with Crippen LogP contribution in [0.25, 0.3) is 0 Å². The number of amides is 2. The average Bonchev–Trinajstić information content (AvgIpc) is 3.12. The normalized spacial score (nSPS) is 18.9. The third-order valence-corrected chi connectivity index (χ3v) is 5.90. The lowest BCUT2D eigenvalue weighted by atomic mass is 9.88. The summed E-state index contributed by atoms with van der Waals surface area (Å²) in [6.45, 7) is 2.71. The fraction of sp³-hybridized carbons (Fsp3) is 0.417. The second-order valence-corrected chi connectivity index (χ2v) is 7.69. The van der Waals surface area contributed by atoms with Crippen LogP contribution in [0.4, 0.5) is 0 Å². The number of benzene rings is 2. The number of nitrogens with one attached hydrogen (secondary N) is 2. The van der Waals surface area contributed by atoms with Gasteiger partial charge in [-0.05, 0) is 36.8 Å². The Morgan fingerprint density at radius 2 is 1.68 bits per heavy atom. The second kappa shape index (κ2) is 9.54. The minimum absolute atomic E-state index is 0.0637. The Morgan fingerprint density at radius 1 is 1.07 bits per heavy atom. The molecule has 1 atom stereocenters. The van der Waals surface area contributed by atoms with E-state index in [4.69, 9.17) is 0 Å². The van der Waals surface area contributed by atoms with Crippen molar-refractivity contribution in [2.24, 2.45) is 0 Å². The van der Waals surface area contributed by atoms with Gasteiger partial charge in [-0.1, -0.05) is 67.6 Å². The van der Waals surface area contributed by atoms with Crippen LogP contribution in [0.1, 0.15) is 62.5 Å². The van der Waals surface area contributed by atoms with E-state index < -0.39 is 0 Å². The van der Waals surface area contributed by atoms with Gasteiger partial charge in [-0.3, -0.25) is 9.59 Å². The van der Waals surface area contributed by atoms with E-state index in [0.29, 0.717) is 25.8 Å². The molecule has 0 spiro atoms. The van der Waals surface area contributed by atoms with Gasteiger partial charge in [0.1, 0.15) is 0 Å². The lowest BCUT2D eigenvalue weighted by molar-refractivity contribution is -0.122. The largest absolute Gasteiger partial charge is 0.356 e. The van der Waals surface area contributed by atoms with Crippen LogP contribution in [-0.2, 0) is 9.59 Å². The summed E-state index contributed by atoms with van der Waals surface area (Å²) in [7, 11) is 0. The maximum atomic E-state index is 12.4. The number of rotatable bonds is 9. The van der Waals surface area contributed by atoms with Gasteiger partial charge in [0.15, 0.2) is 0 Å². The van der Waals surface area contributed by atoms with Gasteiger partial charge >= 0.3 is 0 Å². The predicted molar refractivity (Wildman–Crippen MR) is 112 cm³/mol. The molecule has 1 aliphatic heterocycles. The van der Waals surface area contributed by atoms with Gasteiger partial charge in [0, 0.05) is 30.8 Å². The van der Waals surface area contributed by atoms with Crippen molar-refractivity contribution in [2.75, 3.05) is 6.54 Å². The fourth-order valence-corrected chi connectivity index (χ4v) is 4.10. The maximum absolute atomic E-state index is 12.4. The molecule has 1 heterocycles. The summed E-state index contributed by atoms with van der Waals surface area (Å²) >= 11 is 0. The summed E-state index contributed by atoms with van der Waals surface area (Å²) in [6, 6.07) is 20.9. The van der Waals surface area contributed by atoms with E-state index in [9.17, 15) is 9.59 Å². The van der Waals surface area contributed by atoms with Crippen molar-refractivity contribution < 1.29 is 9.59 Å². The zero-order valence-corrected chi connectivity index (χ0v) is 16.6. The quantitative estimate of drug-likeness (QED) is 0.688. The summed E-state index contributed by atoms with van der Waals surface area (Å²) in [5.74, 6) is 0.434. The molecule has 4 heteroatoms. The summed E-state index contributed by atoms with van der Waals surface area (Å²) < 4.78 is 0. The van der Waals surface area contributed by atoms with Gasteiger partial charge in [0.2, 0.25) is 11.8 Å². The minimum atomic E-state index is -0.189. The number of hydrogen-bond acceptors (Lipinski definition) is 2. The Balaban J connectivity index is 1.53. The van der Waals surface area contributed by atoms with E-state index in [1.807, 2.05) is 12.1 Å². The molecule has 0 unspecified atom stereocenters. The highest BCUT2D eigenvalue weighted by atomic mass is 16.2. The molecule has 2 aromatic carbocycles. The van der Waals surface area contributed by atoms with Gasteiger partial charge in [0.25, 0.3) is 0 Å². The first-order valence-electron chi connectivity index (χ1n) is 10.3. The smallest absolute Gasteiger partial charge is 0.220 e. The molecular formula is C24H30N2O2. The third-order valence-electron chi connectivity index (χ3n) is 5.90. The van der Waals surface area contributed by atoms with Crippen molar-refractivity contribution in [1.82, 2.24) is 10.6 Å². The van der Waals surface area contributed by atoms with E-state index in [-0.39, 0.29) is 23.3 Å². The fourth-order valence-electron chi connectivity index (χ4n) is 4.10. The van der Waals surface area contributed by atoms with E-state index in [1.165, 1.54) is 11.1 Å². The summed E-state index contributed by atoms with van der Waals surface area (Å²) in [4.78, 5) is 23.9. The molecule has 2 aromatic rings. The molecular weight excluding hydrogens is 348 g/mol. The van der Waals surface area contributed by atoms with Crippen molar-refractivity contribution in [3.05, 3.63) is 71.8 Å². The molecule has 1 aliphatic rings. The molecule has 2 amide bonds. The molecule has 1 saturated heterocycles. The topological polar surface area (TPSA) is 58.2 Å². The van der Waals surface area contributed by atoms with Crippen LogP contribution in [-0.4, -0.2) is 23.9 Å². The van der Waals surface area contributed by atoms with Gasteiger partial charge in [-0.15, -0.1) is 0 Å². The summed E-state index contributed by atoms with van der Waals surface area (Å²) in [5.41, 5.74) is 2.34. The van der Waals surface area contributed by atoms with Crippen molar-refractivity contribution in [3.63, 3.8) is 0 Å². The highest BCUT2D eigenvalue weighted by molar-refractivity contribution is 5.80. The zero-order chi connectivity index (χ0) is 19.8. The molecule has 3 rings (SSSR count). The van der Waals surface area contributed by atoms with E-state index in [1.54, 1.807) is 0 Å². The SMILES string of the molecule is CC[C@]1(CCC(=O)NCCC(c2ccccc2)c2ccccc2)CCC(=O)N1. The summed E-state index contributed by atoms with van der Waals surface area (Å²) in [6.07, 6.45) is 4.30. The van der Waals surface area contributed by atoms with Crippen LogP contribution in [0.15, 0.2) is 60.7 Å². The molecule has 148 valence electrons. The van der Waals surface area contributed by atoms with Crippen LogP contribution >= 0.6 is 0 Å². The van der Waals surface area contributed by atoms with Crippen molar-refractivity contribution in [2.45, 2.75) is 56.9 Å². The Kier molecular flexibility index (Phi) is 6.85. The van der Waals surface area contributed by atoms with Gasteiger partial charge in [0.05, 0.1) is 0 Å². The van der Waals surface area contributed by atoms with Crippen LogP contribution < -0.4 is 10.6 Å². The lowest BCUT2D eigenvalue weighted by Crippen LogP contribution is -2.42. The van der Waals surface area contributed by atoms with Crippen LogP contribution in [0.2, 0.25) is 0 Å². The minimum Gasteiger partial charge on any atom is -0.356 e. The standard InChI is InChI=1S/C24H30N2O2/c1-2-24(17-14-23(28)26-24)16-13-22(27)25-18-15-21(19-9-5-3-6-10-19)20-11-7-4-8-12-20/h3-12,21H,2,13-18H2,1H3,(H,25,27)(H,26,28)/t24-/m0/s1. The van der Waals surface area contributed by atoms with Crippen LogP contribution in [0.5, 0.6) is 0 Å². The summed E-state index contributed by atoms with van der Waals surface area (Å²) in [5, 5.41) is 6.15. The van der Waals surface area contributed by atoms with Gasteiger partial charge in [-0.25, -0.2) is 0 Å². The van der Waals surface area contributed by atoms with Crippen LogP contribution in [0, 0.1) is 0 Å². The van der Waals surface area contributed by atoms with Crippen LogP contribution in [0.3, 0.4) is 0 Å². The molecule has 2 N–H and O–H groups in total. The van der Waals surface area contributed by atoms with Gasteiger partial charge < -0.3 is 10.6 Å². The number of carbonyl (C=O) groups is 2. The molecule has 0 bridgehead atoms. The molecule has 28 heavy (non-hydrogen) atoms. The van der Waals surface area contributed by atoms with Crippen molar-refractivity contribution in [1.29, 1.82) is 0 Å². The van der Waals surface area contributed by atoms with E-state index in [0.717, 1.165) is 19.3 Å². The third kappa shape index (κ3) is 5.22. The Morgan fingerprint density at radius 3 is 2.18 bits per heavy atom. The number of carbonyl (C=O) groups excluding carboxylic acids is 2. The second-order valence-electron chi connectivity index (χ2n) is 7.69. The van der Waals surface area contributed by atoms with E-state index >= 15 is 0 Å². The number of hydrogen-bond donors (Lipinski definition) is 2. The van der Waals surface area contributed by atoms with Gasteiger partial charge in [-0.2, -0.15) is 0 Å². The molecule has 0 aliphatic carbocycles. The lowest BCUT2D eigenvalue weighted by Gasteiger charge is -2.27. The molecule has 0 saturated carbocycles. The molecule has 1 fully saturated rings. The monoisotopic (exact) mass is 378 g/mol. The van der Waals surface area contributed by atoms with E-state index in [2.05, 4.69) is 66.1 Å². The van der Waals surface area contributed by atoms with Crippen molar-refractivity contribution in [3.8, 4) is 0 Å². The Labute approximate surface area is 167 Å². The first-order valence-corrected chi connectivity index (χ1v) is 10.3. The Hall–Kier alpha value is -2.62. The Bertz CT molecular complexity index is 736. The molecule has 0 aromatic heterocycles. The predicted octanol–water partition coefficient (Wildman–Crippen LogP) is 4.16. The van der Waals surface area contributed by atoms with Crippen molar-refractivity contribution >= 4 is 11.8 Å². The highest BCUT2D eigenvalue weighted by Crippen LogP contribution is 2.29. The highest BCUT2D eigenvalue weighted by Gasteiger charge is 2.35. The molecule has 4 nitrogen and oxygen atoms in total. The zero-order valence-electron chi connectivity index (χ0n) is 16.6. The molecule has 0 radical (unpaired) electrons. The first-order chi connectivity index (χ1) is 13.6.